The van der Waals surface area contributed by atoms with Gasteiger partial charge in [0.15, 0.2) is 16.8 Å². The van der Waals surface area contributed by atoms with Crippen molar-refractivity contribution in [3.8, 4) is 0 Å². The van der Waals surface area contributed by atoms with Gasteiger partial charge in [0.05, 0.1) is 6.20 Å². The van der Waals surface area contributed by atoms with Crippen molar-refractivity contribution in [1.29, 1.82) is 0 Å². The lowest BCUT2D eigenvalue weighted by atomic mass is 10.2. The standard InChI is InChI=1S/C20H20ClN9OS/c21-15-10-22-20(32-15)25-18(31)14-4-1-7-29(14)19-24-17(13-3-2-8-30(13)28-19)23-16-9-12(26-27-16)11-5-6-11/h2-3,8-11,14H,1,4-7H2,(H,22,25,31)(H2,23,24,26,27,28)/t14-/m0/s1. The summed E-state index contributed by atoms with van der Waals surface area (Å²) in [5.41, 5.74) is 1.98. The zero-order valence-electron chi connectivity index (χ0n) is 17.0. The minimum Gasteiger partial charge on any atom is -0.327 e. The number of aromatic nitrogens is 6. The maximum Gasteiger partial charge on any atom is 0.248 e. The smallest absolute Gasteiger partial charge is 0.248 e. The number of aromatic amines is 1. The maximum atomic E-state index is 12.9. The van der Waals surface area contributed by atoms with E-state index in [1.807, 2.05) is 29.3 Å². The molecule has 10 nitrogen and oxygen atoms in total. The number of rotatable bonds is 6. The molecule has 2 aliphatic rings. The van der Waals surface area contributed by atoms with Crippen molar-refractivity contribution in [3.63, 3.8) is 0 Å². The van der Waals surface area contributed by atoms with Crippen LogP contribution in [0.4, 0.5) is 22.7 Å². The number of thiazole rings is 1. The second-order valence-corrected chi connectivity index (χ2v) is 9.68. The molecule has 6 rings (SSSR count). The summed E-state index contributed by atoms with van der Waals surface area (Å²) < 4.78 is 2.30. The van der Waals surface area contributed by atoms with Gasteiger partial charge in [-0.15, -0.1) is 5.10 Å². The first kappa shape index (κ1) is 19.5. The zero-order valence-corrected chi connectivity index (χ0v) is 18.5. The van der Waals surface area contributed by atoms with Crippen LogP contribution < -0.4 is 15.5 Å². The first-order chi connectivity index (χ1) is 15.6. The van der Waals surface area contributed by atoms with Crippen molar-refractivity contribution in [1.82, 2.24) is 29.8 Å². The van der Waals surface area contributed by atoms with Gasteiger partial charge >= 0.3 is 0 Å². The quantitative estimate of drug-likeness (QED) is 0.393. The minimum atomic E-state index is -0.384. The number of halogens is 1. The summed E-state index contributed by atoms with van der Waals surface area (Å²) in [7, 11) is 0. The summed E-state index contributed by atoms with van der Waals surface area (Å²) >= 11 is 7.17. The van der Waals surface area contributed by atoms with Crippen LogP contribution in [-0.2, 0) is 4.79 Å². The van der Waals surface area contributed by atoms with E-state index in [9.17, 15) is 4.79 Å². The Morgan fingerprint density at radius 1 is 1.31 bits per heavy atom. The number of nitrogens with one attached hydrogen (secondary N) is 3. The highest BCUT2D eigenvalue weighted by Gasteiger charge is 2.34. The highest BCUT2D eigenvalue weighted by molar-refractivity contribution is 7.19. The molecule has 164 valence electrons. The molecule has 0 radical (unpaired) electrons. The second-order valence-electron chi connectivity index (χ2n) is 8.02. The fraction of sp³-hybridized carbons (Fsp3) is 0.350. The third-order valence-electron chi connectivity index (χ3n) is 5.76. The molecule has 1 saturated heterocycles. The molecule has 1 atom stereocenters. The van der Waals surface area contributed by atoms with Crippen LogP contribution >= 0.6 is 22.9 Å². The Balaban J connectivity index is 1.28. The summed E-state index contributed by atoms with van der Waals surface area (Å²) in [5, 5.41) is 18.8. The van der Waals surface area contributed by atoms with Crippen molar-refractivity contribution < 1.29 is 4.79 Å². The first-order valence-corrected chi connectivity index (χ1v) is 11.7. The van der Waals surface area contributed by atoms with Crippen molar-refractivity contribution in [2.24, 2.45) is 0 Å². The molecule has 0 spiro atoms. The predicted octanol–water partition coefficient (Wildman–Crippen LogP) is 3.79. The number of anilines is 4. The van der Waals surface area contributed by atoms with Gasteiger partial charge in [-0.2, -0.15) is 10.1 Å². The third kappa shape index (κ3) is 3.67. The van der Waals surface area contributed by atoms with Crippen molar-refractivity contribution in [2.45, 2.75) is 37.6 Å². The van der Waals surface area contributed by atoms with Crippen molar-refractivity contribution >= 4 is 57.1 Å². The zero-order chi connectivity index (χ0) is 21.7. The van der Waals surface area contributed by atoms with E-state index in [0.29, 0.717) is 40.1 Å². The van der Waals surface area contributed by atoms with E-state index in [2.05, 4.69) is 30.9 Å². The average molecular weight is 470 g/mol. The van der Waals surface area contributed by atoms with E-state index in [0.717, 1.165) is 23.4 Å². The van der Waals surface area contributed by atoms with Crippen LogP contribution in [0.2, 0.25) is 4.34 Å². The summed E-state index contributed by atoms with van der Waals surface area (Å²) in [6.45, 7) is 0.692. The fourth-order valence-corrected chi connectivity index (χ4v) is 4.86. The number of hydrogen-bond acceptors (Lipinski definition) is 8. The summed E-state index contributed by atoms with van der Waals surface area (Å²) in [6, 6.07) is 5.51. The average Bonchev–Trinajstić information content (AvgIpc) is 3.20. The molecule has 4 aromatic heterocycles. The van der Waals surface area contributed by atoms with Crippen LogP contribution in [0.1, 0.15) is 37.3 Å². The van der Waals surface area contributed by atoms with E-state index in [1.165, 1.54) is 30.4 Å². The number of hydrogen-bond donors (Lipinski definition) is 3. The Labute approximate surface area is 192 Å². The van der Waals surface area contributed by atoms with Crippen molar-refractivity contribution in [3.05, 3.63) is 40.6 Å². The van der Waals surface area contributed by atoms with Crippen LogP contribution in [0.3, 0.4) is 0 Å². The first-order valence-electron chi connectivity index (χ1n) is 10.5. The van der Waals surface area contributed by atoms with Gasteiger partial charge in [-0.25, -0.2) is 9.50 Å². The van der Waals surface area contributed by atoms with Crippen molar-refractivity contribution in [2.75, 3.05) is 22.1 Å². The van der Waals surface area contributed by atoms with Crippen LogP contribution in [-0.4, -0.2) is 48.3 Å². The van der Waals surface area contributed by atoms with Gasteiger partial charge in [0.1, 0.15) is 15.9 Å². The SMILES string of the molecule is O=C(Nc1ncc(Cl)s1)[C@@H]1CCCN1c1nc(Nc2cc(C3CC3)[nH]n2)c2cccn2n1. The van der Waals surface area contributed by atoms with E-state index < -0.39 is 0 Å². The van der Waals surface area contributed by atoms with E-state index in [1.54, 1.807) is 4.52 Å². The Bertz CT molecular complexity index is 1290. The van der Waals surface area contributed by atoms with Gasteiger partial charge in [-0.05, 0) is 37.8 Å². The van der Waals surface area contributed by atoms with Crippen LogP contribution in [0, 0.1) is 0 Å². The van der Waals surface area contributed by atoms with Gasteiger partial charge in [-0.1, -0.05) is 22.9 Å². The number of nitrogens with zero attached hydrogens (tertiary/aromatic N) is 6. The highest BCUT2D eigenvalue weighted by Crippen LogP contribution is 2.39. The van der Waals surface area contributed by atoms with E-state index in [-0.39, 0.29) is 11.9 Å². The Morgan fingerprint density at radius 3 is 3.03 bits per heavy atom. The Morgan fingerprint density at radius 2 is 2.22 bits per heavy atom. The van der Waals surface area contributed by atoms with Crippen LogP contribution in [0.15, 0.2) is 30.6 Å². The largest absolute Gasteiger partial charge is 0.327 e. The molecule has 1 saturated carbocycles. The Kier molecular flexibility index (Phi) is 4.72. The van der Waals surface area contributed by atoms with Gasteiger partial charge in [0.2, 0.25) is 11.9 Å². The van der Waals surface area contributed by atoms with Gasteiger partial charge in [0, 0.05) is 30.4 Å². The topological polar surface area (TPSA) is 116 Å². The van der Waals surface area contributed by atoms with Crippen LogP contribution in [0.5, 0.6) is 0 Å². The van der Waals surface area contributed by atoms with Crippen LogP contribution in [0.25, 0.3) is 5.52 Å². The number of H-pyrrole nitrogens is 1. The molecule has 32 heavy (non-hydrogen) atoms. The lowest BCUT2D eigenvalue weighted by Gasteiger charge is -2.24. The molecule has 1 aliphatic heterocycles. The molecule has 0 aromatic carbocycles. The molecule has 0 bridgehead atoms. The number of carbonyl (C=O) groups excluding carboxylic acids is 1. The minimum absolute atomic E-state index is 0.138. The molecule has 3 N–H and O–H groups in total. The summed E-state index contributed by atoms with van der Waals surface area (Å²) in [6.07, 6.45) is 7.39. The van der Waals surface area contributed by atoms with Gasteiger partial charge in [-0.3, -0.25) is 9.89 Å². The normalized spacial score (nSPS) is 18.4. The molecule has 0 unspecified atom stereocenters. The van der Waals surface area contributed by atoms with E-state index >= 15 is 0 Å². The lowest BCUT2D eigenvalue weighted by Crippen LogP contribution is -2.40. The number of amides is 1. The Hall–Kier alpha value is -3.18. The summed E-state index contributed by atoms with van der Waals surface area (Å²) in [4.78, 5) is 23.8. The maximum absolute atomic E-state index is 12.9. The molecule has 2 fully saturated rings. The molecule has 1 aliphatic carbocycles. The molecular weight excluding hydrogens is 450 g/mol. The molecule has 12 heteroatoms. The monoisotopic (exact) mass is 469 g/mol. The number of carbonyl (C=O) groups is 1. The number of fused-ring (bicyclic) bond motifs is 1. The summed E-state index contributed by atoms with van der Waals surface area (Å²) in [5.74, 6) is 2.30. The molecule has 1 amide bonds. The van der Waals surface area contributed by atoms with E-state index in [4.69, 9.17) is 16.6 Å². The fourth-order valence-electron chi connectivity index (χ4n) is 4.04. The molecule has 5 heterocycles. The van der Waals surface area contributed by atoms with Gasteiger partial charge in [0.25, 0.3) is 0 Å². The second kappa shape index (κ2) is 7.75. The lowest BCUT2D eigenvalue weighted by molar-refractivity contribution is -0.117. The third-order valence-corrected chi connectivity index (χ3v) is 6.79. The molecule has 4 aromatic rings. The van der Waals surface area contributed by atoms with Gasteiger partial charge < -0.3 is 15.5 Å². The highest BCUT2D eigenvalue weighted by atomic mass is 35.5. The molecular formula is C20H20ClN9OS. The predicted molar refractivity (Wildman–Crippen MR) is 123 cm³/mol.